The van der Waals surface area contributed by atoms with Gasteiger partial charge in [0.05, 0.1) is 11.1 Å². The van der Waals surface area contributed by atoms with E-state index in [1.807, 2.05) is 0 Å². The summed E-state index contributed by atoms with van der Waals surface area (Å²) < 4.78 is 0. The second-order valence-corrected chi connectivity index (χ2v) is 3.62. The van der Waals surface area contributed by atoms with Crippen molar-refractivity contribution < 1.29 is 14.7 Å². The molecule has 2 aromatic rings. The highest BCUT2D eigenvalue weighted by Gasteiger charge is 2.18. The third-order valence-electron chi connectivity index (χ3n) is 2.03. The highest BCUT2D eigenvalue weighted by Crippen LogP contribution is 2.17. The zero-order chi connectivity index (χ0) is 13.1. The molecule has 92 valence electrons. The monoisotopic (exact) mass is 267 g/mol. The van der Waals surface area contributed by atoms with Crippen LogP contribution in [0.2, 0.25) is 5.02 Å². The third kappa shape index (κ3) is 2.43. The second kappa shape index (κ2) is 4.80. The Bertz CT molecular complexity index is 598. The van der Waals surface area contributed by atoms with Gasteiger partial charge in [0.2, 0.25) is 0 Å². The van der Waals surface area contributed by atoms with Crippen LogP contribution in [0.25, 0.3) is 0 Å². The van der Waals surface area contributed by atoms with Gasteiger partial charge in [-0.15, -0.1) is 5.10 Å². The van der Waals surface area contributed by atoms with Gasteiger partial charge < -0.3 is 5.11 Å². The Balaban J connectivity index is 2.32. The van der Waals surface area contributed by atoms with E-state index in [-0.39, 0.29) is 22.1 Å². The Labute approximate surface area is 105 Å². The Morgan fingerprint density at radius 1 is 1.33 bits per heavy atom. The summed E-state index contributed by atoms with van der Waals surface area (Å²) in [7, 11) is 0. The number of carbonyl (C=O) groups is 2. The normalized spacial score (nSPS) is 10.1. The fourth-order valence-electron chi connectivity index (χ4n) is 1.28. The van der Waals surface area contributed by atoms with Gasteiger partial charge in [-0.2, -0.15) is 5.21 Å². The third-order valence-corrected chi connectivity index (χ3v) is 2.26. The number of amides is 1. The zero-order valence-electron chi connectivity index (χ0n) is 8.72. The molecule has 9 heteroatoms. The van der Waals surface area contributed by atoms with Crippen molar-refractivity contribution in [2.75, 3.05) is 5.32 Å². The highest BCUT2D eigenvalue weighted by molar-refractivity contribution is 6.31. The molecule has 0 fully saturated rings. The fraction of sp³-hybridized carbons (Fsp3) is 0. The van der Waals surface area contributed by atoms with Gasteiger partial charge in [0.1, 0.15) is 0 Å². The van der Waals surface area contributed by atoms with E-state index in [1.54, 1.807) is 0 Å². The summed E-state index contributed by atoms with van der Waals surface area (Å²) in [6, 6.07) is 3.91. The van der Waals surface area contributed by atoms with E-state index in [1.165, 1.54) is 18.2 Å². The van der Waals surface area contributed by atoms with Crippen LogP contribution in [0.1, 0.15) is 20.7 Å². The first-order chi connectivity index (χ1) is 8.58. The Morgan fingerprint density at radius 3 is 2.72 bits per heavy atom. The van der Waals surface area contributed by atoms with Gasteiger partial charge in [-0.05, 0) is 23.4 Å². The summed E-state index contributed by atoms with van der Waals surface area (Å²) >= 11 is 5.67. The van der Waals surface area contributed by atoms with Crippen LogP contribution in [0.4, 0.5) is 5.95 Å². The van der Waals surface area contributed by atoms with E-state index in [9.17, 15) is 9.59 Å². The molecule has 0 spiro atoms. The van der Waals surface area contributed by atoms with Gasteiger partial charge in [-0.1, -0.05) is 16.7 Å². The molecular weight excluding hydrogens is 262 g/mol. The van der Waals surface area contributed by atoms with Crippen LogP contribution in [-0.2, 0) is 0 Å². The molecule has 3 N–H and O–H groups in total. The number of aromatic amines is 1. The lowest BCUT2D eigenvalue weighted by atomic mass is 10.1. The van der Waals surface area contributed by atoms with Crippen molar-refractivity contribution in [2.45, 2.75) is 0 Å². The first kappa shape index (κ1) is 12.0. The summed E-state index contributed by atoms with van der Waals surface area (Å²) in [4.78, 5) is 22.8. The largest absolute Gasteiger partial charge is 0.478 e. The molecule has 0 saturated carbocycles. The zero-order valence-corrected chi connectivity index (χ0v) is 9.47. The lowest BCUT2D eigenvalue weighted by Gasteiger charge is -2.05. The average Bonchev–Trinajstić information content (AvgIpc) is 2.81. The van der Waals surface area contributed by atoms with Gasteiger partial charge in [0.25, 0.3) is 11.9 Å². The van der Waals surface area contributed by atoms with Crippen LogP contribution < -0.4 is 5.32 Å². The summed E-state index contributed by atoms with van der Waals surface area (Å²) in [6.45, 7) is 0. The number of nitrogens with one attached hydrogen (secondary N) is 2. The maximum atomic E-state index is 11.8. The summed E-state index contributed by atoms with van der Waals surface area (Å²) in [5, 5.41) is 23.9. The van der Waals surface area contributed by atoms with Crippen molar-refractivity contribution in [3.63, 3.8) is 0 Å². The van der Waals surface area contributed by atoms with E-state index < -0.39 is 11.9 Å². The molecule has 18 heavy (non-hydrogen) atoms. The first-order valence-electron chi connectivity index (χ1n) is 4.65. The molecule has 1 aromatic carbocycles. The molecule has 0 aliphatic heterocycles. The summed E-state index contributed by atoms with van der Waals surface area (Å²) in [6.07, 6.45) is 0. The maximum Gasteiger partial charge on any atom is 0.336 e. The van der Waals surface area contributed by atoms with Crippen molar-refractivity contribution in [3.8, 4) is 0 Å². The Kier molecular flexibility index (Phi) is 3.20. The number of anilines is 1. The van der Waals surface area contributed by atoms with Gasteiger partial charge in [-0.3, -0.25) is 10.1 Å². The number of aromatic carboxylic acids is 1. The van der Waals surface area contributed by atoms with Crippen LogP contribution in [-0.4, -0.2) is 37.6 Å². The van der Waals surface area contributed by atoms with Crippen LogP contribution in [0.3, 0.4) is 0 Å². The van der Waals surface area contributed by atoms with Crippen molar-refractivity contribution in [2.24, 2.45) is 0 Å². The molecule has 0 saturated heterocycles. The highest BCUT2D eigenvalue weighted by atomic mass is 35.5. The number of rotatable bonds is 3. The van der Waals surface area contributed by atoms with E-state index >= 15 is 0 Å². The SMILES string of the molecule is O=C(O)c1cc(Cl)ccc1C(=O)Nc1nn[nH]n1. The summed E-state index contributed by atoms with van der Waals surface area (Å²) in [5.74, 6) is -1.97. The van der Waals surface area contributed by atoms with Crippen LogP contribution >= 0.6 is 11.6 Å². The molecule has 0 aliphatic carbocycles. The number of benzene rings is 1. The average molecular weight is 268 g/mol. The molecule has 0 bridgehead atoms. The van der Waals surface area contributed by atoms with E-state index in [2.05, 4.69) is 25.9 Å². The molecule has 8 nitrogen and oxygen atoms in total. The number of aromatic nitrogens is 4. The van der Waals surface area contributed by atoms with Crippen molar-refractivity contribution in [1.82, 2.24) is 20.6 Å². The van der Waals surface area contributed by atoms with Crippen LogP contribution in [0.5, 0.6) is 0 Å². The minimum absolute atomic E-state index is 0.0447. The smallest absolute Gasteiger partial charge is 0.336 e. The predicted octanol–water partition coefficient (Wildman–Crippen LogP) is 0.804. The maximum absolute atomic E-state index is 11.8. The minimum Gasteiger partial charge on any atom is -0.478 e. The van der Waals surface area contributed by atoms with E-state index in [0.717, 1.165) is 0 Å². The van der Waals surface area contributed by atoms with Gasteiger partial charge in [0, 0.05) is 5.02 Å². The van der Waals surface area contributed by atoms with E-state index in [4.69, 9.17) is 16.7 Å². The van der Waals surface area contributed by atoms with Crippen molar-refractivity contribution in [3.05, 3.63) is 34.3 Å². The van der Waals surface area contributed by atoms with Crippen LogP contribution in [0.15, 0.2) is 18.2 Å². The molecular formula is C9H6ClN5O3. The van der Waals surface area contributed by atoms with E-state index in [0.29, 0.717) is 0 Å². The molecule has 1 heterocycles. The molecule has 2 rings (SSSR count). The molecule has 1 aromatic heterocycles. The van der Waals surface area contributed by atoms with Crippen molar-refractivity contribution in [1.29, 1.82) is 0 Å². The first-order valence-corrected chi connectivity index (χ1v) is 5.03. The summed E-state index contributed by atoms with van der Waals surface area (Å²) in [5.41, 5.74) is -0.250. The predicted molar refractivity (Wildman–Crippen MR) is 60.5 cm³/mol. The van der Waals surface area contributed by atoms with Gasteiger partial charge in [-0.25, -0.2) is 4.79 Å². The van der Waals surface area contributed by atoms with Crippen LogP contribution in [0, 0.1) is 0 Å². The lowest BCUT2D eigenvalue weighted by molar-refractivity contribution is 0.0692. The second-order valence-electron chi connectivity index (χ2n) is 3.18. The molecule has 0 radical (unpaired) electrons. The quantitative estimate of drug-likeness (QED) is 0.756. The van der Waals surface area contributed by atoms with Gasteiger partial charge >= 0.3 is 5.97 Å². The number of hydrogen-bond donors (Lipinski definition) is 3. The molecule has 0 atom stereocenters. The Hall–Kier alpha value is -2.48. The number of nitrogens with zero attached hydrogens (tertiary/aromatic N) is 3. The fourth-order valence-corrected chi connectivity index (χ4v) is 1.45. The number of carboxylic acid groups (broad SMARTS) is 1. The Morgan fingerprint density at radius 2 is 2.11 bits per heavy atom. The van der Waals surface area contributed by atoms with Gasteiger partial charge in [0.15, 0.2) is 0 Å². The standard InChI is InChI=1S/C9H6ClN5O3/c10-4-1-2-5(6(3-4)8(17)18)7(16)11-9-12-14-15-13-9/h1-3H,(H,17,18)(H2,11,12,13,14,15,16). The van der Waals surface area contributed by atoms with Crippen molar-refractivity contribution >= 4 is 29.4 Å². The topological polar surface area (TPSA) is 121 Å². The number of carboxylic acids is 1. The number of carbonyl (C=O) groups excluding carboxylic acids is 1. The number of tetrazole rings is 1. The number of hydrogen-bond acceptors (Lipinski definition) is 5. The molecule has 0 aliphatic rings. The number of H-pyrrole nitrogens is 1. The number of halogens is 1. The molecule has 1 amide bonds. The lowest BCUT2D eigenvalue weighted by Crippen LogP contribution is -2.17. The minimum atomic E-state index is -1.25. The molecule has 0 unspecified atom stereocenters.